The van der Waals surface area contributed by atoms with E-state index in [-0.39, 0.29) is 43.3 Å². The smallest absolute Gasteiger partial charge is 0.385 e. The number of alkyl halides is 3. The third kappa shape index (κ3) is 4.63. The van der Waals surface area contributed by atoms with Crippen molar-refractivity contribution in [2.45, 2.75) is 62.9 Å². The van der Waals surface area contributed by atoms with Crippen molar-refractivity contribution in [1.29, 1.82) is 0 Å². The second-order valence-electron chi connectivity index (χ2n) is 10.4. The predicted octanol–water partition coefficient (Wildman–Crippen LogP) is 4.73. The van der Waals surface area contributed by atoms with Gasteiger partial charge in [0, 0.05) is 38.0 Å². The van der Waals surface area contributed by atoms with Crippen molar-refractivity contribution in [3.8, 4) is 0 Å². The molecule has 1 saturated carbocycles. The number of likely N-dealkylation sites (tertiary alicyclic amines) is 2. The molecule has 0 radical (unpaired) electrons. The first-order chi connectivity index (χ1) is 17.2. The minimum absolute atomic E-state index is 0.0493. The number of fused-ring (bicyclic) bond motifs is 1. The number of amides is 2. The molecule has 36 heavy (non-hydrogen) atoms. The molecular weight excluding hydrogens is 469 g/mol. The van der Waals surface area contributed by atoms with Gasteiger partial charge in [0.25, 0.3) is 0 Å². The molecule has 1 aliphatic carbocycles. The lowest BCUT2D eigenvalue weighted by Gasteiger charge is -2.53. The lowest BCUT2D eigenvalue weighted by atomic mass is 9.66. The molecule has 5 rings (SSSR count). The summed E-state index contributed by atoms with van der Waals surface area (Å²) in [7, 11) is 0. The van der Waals surface area contributed by atoms with Crippen LogP contribution in [0.5, 0.6) is 0 Å². The van der Waals surface area contributed by atoms with Gasteiger partial charge in [-0.1, -0.05) is 55.3 Å². The fraction of sp³-hybridized carbons (Fsp3) is 0.500. The van der Waals surface area contributed by atoms with Gasteiger partial charge in [0.1, 0.15) is 0 Å². The number of hydrogen-bond acceptors (Lipinski definition) is 3. The average Bonchev–Trinajstić information content (AvgIpc) is 3.24. The molecule has 5 nitrogen and oxygen atoms in total. The molecule has 192 valence electrons. The molecule has 4 atom stereocenters. The Kier molecular flexibility index (Phi) is 6.57. The Morgan fingerprint density at radius 3 is 2.42 bits per heavy atom. The third-order valence-corrected chi connectivity index (χ3v) is 8.25. The van der Waals surface area contributed by atoms with Crippen LogP contribution in [0.25, 0.3) is 0 Å². The van der Waals surface area contributed by atoms with E-state index in [9.17, 15) is 27.9 Å². The number of piperidine rings is 1. The van der Waals surface area contributed by atoms with Gasteiger partial charge >= 0.3 is 6.18 Å². The Labute approximate surface area is 208 Å². The first-order valence-electron chi connectivity index (χ1n) is 12.7. The minimum Gasteiger partial charge on any atom is -0.385 e. The second-order valence-corrected chi connectivity index (χ2v) is 10.4. The van der Waals surface area contributed by atoms with Gasteiger partial charge in [0.2, 0.25) is 11.8 Å². The van der Waals surface area contributed by atoms with E-state index < -0.39 is 23.3 Å². The summed E-state index contributed by atoms with van der Waals surface area (Å²) in [5, 5.41) is 11.7. The maximum absolute atomic E-state index is 13.6. The van der Waals surface area contributed by atoms with E-state index in [2.05, 4.69) is 0 Å². The quantitative estimate of drug-likeness (QED) is 0.660. The summed E-state index contributed by atoms with van der Waals surface area (Å²) in [6.07, 6.45) is -0.140. The van der Waals surface area contributed by atoms with Crippen molar-refractivity contribution in [3.63, 3.8) is 0 Å². The normalized spacial score (nSPS) is 28.8. The third-order valence-electron chi connectivity index (χ3n) is 8.25. The molecule has 2 heterocycles. The van der Waals surface area contributed by atoms with Crippen LogP contribution >= 0.6 is 0 Å². The van der Waals surface area contributed by atoms with Crippen LogP contribution < -0.4 is 0 Å². The summed E-state index contributed by atoms with van der Waals surface area (Å²) in [4.78, 5) is 29.8. The van der Waals surface area contributed by atoms with Crippen LogP contribution in [0.3, 0.4) is 0 Å². The summed E-state index contributed by atoms with van der Waals surface area (Å²) < 4.78 is 38.5. The van der Waals surface area contributed by atoms with Crippen LogP contribution in [-0.4, -0.2) is 45.9 Å². The van der Waals surface area contributed by atoms with Gasteiger partial charge in [-0.25, -0.2) is 0 Å². The van der Waals surface area contributed by atoms with Gasteiger partial charge in [-0.3, -0.25) is 9.59 Å². The number of aliphatic hydroxyl groups is 1. The monoisotopic (exact) mass is 500 g/mol. The number of carbonyl (C=O) groups is 2. The molecule has 3 aliphatic rings. The van der Waals surface area contributed by atoms with Crippen LogP contribution in [0.1, 0.15) is 55.2 Å². The summed E-state index contributed by atoms with van der Waals surface area (Å²) in [6.45, 7) is 0.880. The van der Waals surface area contributed by atoms with Crippen molar-refractivity contribution >= 4 is 11.8 Å². The van der Waals surface area contributed by atoms with E-state index in [4.69, 9.17) is 0 Å². The molecule has 0 bridgehead atoms. The van der Waals surface area contributed by atoms with E-state index in [0.29, 0.717) is 18.5 Å². The summed E-state index contributed by atoms with van der Waals surface area (Å²) in [6, 6.07) is 14.4. The topological polar surface area (TPSA) is 60.9 Å². The average molecular weight is 501 g/mol. The predicted molar refractivity (Wildman–Crippen MR) is 127 cm³/mol. The molecule has 1 N–H and O–H groups in total. The SMILES string of the molecule is O=C1CC(C(=O)N2CC[C@](O)(c3ccccc3)[C@H]3CCCCC32)CN1Cc1ccc(C(F)(F)F)cc1. The zero-order valence-electron chi connectivity index (χ0n) is 20.1. The van der Waals surface area contributed by atoms with Crippen molar-refractivity contribution in [2.24, 2.45) is 11.8 Å². The number of carbonyl (C=O) groups excluding carboxylic acids is 2. The maximum Gasteiger partial charge on any atom is 0.416 e. The molecule has 2 unspecified atom stereocenters. The van der Waals surface area contributed by atoms with Crippen LogP contribution in [0.2, 0.25) is 0 Å². The maximum atomic E-state index is 13.6. The Morgan fingerprint density at radius 1 is 1.03 bits per heavy atom. The first-order valence-corrected chi connectivity index (χ1v) is 12.7. The lowest BCUT2D eigenvalue weighted by molar-refractivity contribution is -0.158. The summed E-state index contributed by atoms with van der Waals surface area (Å²) >= 11 is 0. The highest BCUT2D eigenvalue weighted by Gasteiger charge is 2.51. The van der Waals surface area contributed by atoms with Gasteiger partial charge in [0.05, 0.1) is 17.1 Å². The number of halogens is 3. The molecule has 3 fully saturated rings. The van der Waals surface area contributed by atoms with Crippen molar-refractivity contribution in [3.05, 3.63) is 71.3 Å². The Bertz CT molecular complexity index is 1110. The van der Waals surface area contributed by atoms with Gasteiger partial charge in [-0.2, -0.15) is 13.2 Å². The zero-order chi connectivity index (χ0) is 25.5. The largest absolute Gasteiger partial charge is 0.416 e. The number of rotatable bonds is 4. The van der Waals surface area contributed by atoms with E-state index in [1.807, 2.05) is 35.2 Å². The highest BCUT2D eigenvalue weighted by Crippen LogP contribution is 2.47. The lowest BCUT2D eigenvalue weighted by Crippen LogP contribution is -2.60. The Morgan fingerprint density at radius 2 is 1.72 bits per heavy atom. The van der Waals surface area contributed by atoms with E-state index in [1.165, 1.54) is 12.1 Å². The standard InChI is InChI=1S/C28H31F3N2O3/c29-28(30,31)22-12-10-19(11-13-22)17-32-18-20(16-25(32)34)26(35)33-15-14-27(36,21-6-2-1-3-7-21)23-8-4-5-9-24(23)33/h1-3,6-7,10-13,20,23-24,36H,4-5,8-9,14-18H2/t20?,23-,24?,27-/m0/s1. The van der Waals surface area contributed by atoms with Gasteiger partial charge in [0.15, 0.2) is 0 Å². The van der Waals surface area contributed by atoms with Crippen LogP contribution in [0, 0.1) is 11.8 Å². The van der Waals surface area contributed by atoms with Crippen LogP contribution in [0.15, 0.2) is 54.6 Å². The number of hydrogen-bond donors (Lipinski definition) is 1. The zero-order valence-corrected chi connectivity index (χ0v) is 20.1. The second kappa shape index (κ2) is 9.54. The molecular formula is C28H31F3N2O3. The molecule has 2 amide bonds. The molecule has 2 saturated heterocycles. The van der Waals surface area contributed by atoms with Crippen molar-refractivity contribution in [1.82, 2.24) is 9.80 Å². The minimum atomic E-state index is -4.41. The highest BCUT2D eigenvalue weighted by molar-refractivity contribution is 5.89. The van der Waals surface area contributed by atoms with Crippen molar-refractivity contribution < 1.29 is 27.9 Å². The van der Waals surface area contributed by atoms with Crippen LogP contribution in [-0.2, 0) is 27.9 Å². The van der Waals surface area contributed by atoms with Gasteiger partial charge < -0.3 is 14.9 Å². The van der Waals surface area contributed by atoms with E-state index in [0.717, 1.165) is 43.4 Å². The Hall–Kier alpha value is -2.87. The highest BCUT2D eigenvalue weighted by atomic mass is 19.4. The van der Waals surface area contributed by atoms with Crippen LogP contribution in [0.4, 0.5) is 13.2 Å². The molecule has 8 heteroatoms. The van der Waals surface area contributed by atoms with Crippen molar-refractivity contribution in [2.75, 3.05) is 13.1 Å². The fourth-order valence-electron chi connectivity index (χ4n) is 6.39. The van der Waals surface area contributed by atoms with Gasteiger partial charge in [-0.15, -0.1) is 0 Å². The molecule has 2 aromatic carbocycles. The Balaban J connectivity index is 1.28. The first kappa shape index (κ1) is 24.8. The molecule has 0 spiro atoms. The molecule has 2 aromatic rings. The fourth-order valence-corrected chi connectivity index (χ4v) is 6.39. The van der Waals surface area contributed by atoms with Gasteiger partial charge in [-0.05, 0) is 42.5 Å². The molecule has 0 aromatic heterocycles. The number of nitrogens with zero attached hydrogens (tertiary/aromatic N) is 2. The molecule has 2 aliphatic heterocycles. The van der Waals surface area contributed by atoms with E-state index in [1.54, 1.807) is 4.90 Å². The van der Waals surface area contributed by atoms with E-state index >= 15 is 0 Å². The summed E-state index contributed by atoms with van der Waals surface area (Å²) in [5.74, 6) is -0.735. The summed E-state index contributed by atoms with van der Waals surface area (Å²) in [5.41, 5.74) is -0.200. The number of benzene rings is 2.